The van der Waals surface area contributed by atoms with Crippen LogP contribution < -0.4 is 10.0 Å². The molecule has 1 aromatic carbocycles. The number of aromatic amines is 1. The van der Waals surface area contributed by atoms with E-state index in [0.717, 1.165) is 6.26 Å². The van der Waals surface area contributed by atoms with Gasteiger partial charge in [-0.15, -0.1) is 0 Å². The zero-order valence-corrected chi connectivity index (χ0v) is 12.9. The van der Waals surface area contributed by atoms with Crippen LogP contribution >= 0.6 is 11.6 Å². The van der Waals surface area contributed by atoms with Gasteiger partial charge in [-0.25, -0.2) is 18.4 Å². The fourth-order valence-corrected chi connectivity index (χ4v) is 2.60. The zero-order valence-electron chi connectivity index (χ0n) is 11.3. The SMILES string of the molecule is CS(=O)(=O)Nc1n[nH]c2ncnc(Nc3cccc(Cl)c3)c12. The van der Waals surface area contributed by atoms with Gasteiger partial charge in [-0.3, -0.25) is 9.82 Å². The second-order valence-electron chi connectivity index (χ2n) is 4.53. The van der Waals surface area contributed by atoms with Gasteiger partial charge in [-0.05, 0) is 18.2 Å². The van der Waals surface area contributed by atoms with Crippen molar-refractivity contribution in [1.29, 1.82) is 0 Å². The molecule has 3 aromatic rings. The largest absolute Gasteiger partial charge is 0.339 e. The highest BCUT2D eigenvalue weighted by molar-refractivity contribution is 7.92. The van der Waals surface area contributed by atoms with Crippen LogP contribution in [0.15, 0.2) is 30.6 Å². The van der Waals surface area contributed by atoms with E-state index in [1.165, 1.54) is 6.33 Å². The average Bonchev–Trinajstić information content (AvgIpc) is 2.81. The summed E-state index contributed by atoms with van der Waals surface area (Å²) in [5, 5.41) is 10.6. The minimum absolute atomic E-state index is 0.127. The first-order valence-electron chi connectivity index (χ1n) is 6.12. The van der Waals surface area contributed by atoms with Gasteiger partial charge < -0.3 is 5.32 Å². The molecular formula is C12H11ClN6O2S. The summed E-state index contributed by atoms with van der Waals surface area (Å²) in [6.45, 7) is 0. The molecule has 114 valence electrons. The van der Waals surface area contributed by atoms with Crippen molar-refractivity contribution in [2.45, 2.75) is 0 Å². The highest BCUT2D eigenvalue weighted by Gasteiger charge is 2.15. The summed E-state index contributed by atoms with van der Waals surface area (Å²) in [5.41, 5.74) is 1.12. The molecule has 0 saturated heterocycles. The minimum Gasteiger partial charge on any atom is -0.339 e. The fraction of sp³-hybridized carbons (Fsp3) is 0.0833. The lowest BCUT2D eigenvalue weighted by Crippen LogP contribution is -2.10. The smallest absolute Gasteiger partial charge is 0.231 e. The molecule has 0 saturated carbocycles. The molecule has 0 unspecified atom stereocenters. The second kappa shape index (κ2) is 5.43. The molecule has 0 amide bonds. The van der Waals surface area contributed by atoms with Gasteiger partial charge in [0.25, 0.3) is 0 Å². The monoisotopic (exact) mass is 338 g/mol. The summed E-state index contributed by atoms with van der Waals surface area (Å²) < 4.78 is 25.2. The number of sulfonamides is 1. The van der Waals surface area contributed by atoms with Crippen molar-refractivity contribution in [3.63, 3.8) is 0 Å². The van der Waals surface area contributed by atoms with Crippen molar-refractivity contribution in [1.82, 2.24) is 20.2 Å². The van der Waals surface area contributed by atoms with E-state index >= 15 is 0 Å². The Morgan fingerprint density at radius 1 is 1.23 bits per heavy atom. The highest BCUT2D eigenvalue weighted by atomic mass is 35.5. The van der Waals surface area contributed by atoms with Crippen LogP contribution in [0.1, 0.15) is 0 Å². The Kier molecular flexibility index (Phi) is 3.59. The molecule has 2 heterocycles. The molecule has 0 radical (unpaired) electrons. The number of halogens is 1. The van der Waals surface area contributed by atoms with E-state index in [-0.39, 0.29) is 5.82 Å². The first-order valence-corrected chi connectivity index (χ1v) is 8.39. The Hall–Kier alpha value is -2.39. The third-order valence-corrected chi connectivity index (χ3v) is 3.53. The molecule has 2 aromatic heterocycles. The van der Waals surface area contributed by atoms with Crippen LogP contribution in [0.3, 0.4) is 0 Å². The number of anilines is 3. The van der Waals surface area contributed by atoms with Gasteiger partial charge >= 0.3 is 0 Å². The molecule has 0 fully saturated rings. The number of nitrogens with one attached hydrogen (secondary N) is 3. The molecule has 22 heavy (non-hydrogen) atoms. The summed E-state index contributed by atoms with van der Waals surface area (Å²) in [4.78, 5) is 8.16. The molecule has 3 N–H and O–H groups in total. The lowest BCUT2D eigenvalue weighted by molar-refractivity contribution is 0.606. The quantitative estimate of drug-likeness (QED) is 0.671. The third kappa shape index (κ3) is 3.10. The Bertz CT molecular complexity index is 940. The van der Waals surface area contributed by atoms with E-state index in [4.69, 9.17) is 11.6 Å². The molecule has 0 aliphatic heterocycles. The summed E-state index contributed by atoms with van der Waals surface area (Å²) in [7, 11) is -3.47. The van der Waals surface area contributed by atoms with E-state index in [1.54, 1.807) is 18.2 Å². The predicted molar refractivity (Wildman–Crippen MR) is 84.9 cm³/mol. The third-order valence-electron chi connectivity index (χ3n) is 2.73. The van der Waals surface area contributed by atoms with Crippen LogP contribution in [0.5, 0.6) is 0 Å². The molecule has 0 aliphatic carbocycles. The second-order valence-corrected chi connectivity index (χ2v) is 6.71. The average molecular weight is 339 g/mol. The molecule has 0 spiro atoms. The maximum atomic E-state index is 11.4. The minimum atomic E-state index is -3.47. The number of hydrogen-bond donors (Lipinski definition) is 3. The molecular weight excluding hydrogens is 328 g/mol. The lowest BCUT2D eigenvalue weighted by Gasteiger charge is -2.08. The Balaban J connectivity index is 2.07. The van der Waals surface area contributed by atoms with Crippen LogP contribution in [-0.2, 0) is 10.0 Å². The number of nitrogens with zero attached hydrogens (tertiary/aromatic N) is 3. The molecule has 8 nitrogen and oxygen atoms in total. The molecule has 10 heteroatoms. The number of aromatic nitrogens is 4. The summed E-state index contributed by atoms with van der Waals surface area (Å²) >= 11 is 5.94. The highest BCUT2D eigenvalue weighted by Crippen LogP contribution is 2.28. The Morgan fingerprint density at radius 3 is 2.77 bits per heavy atom. The maximum Gasteiger partial charge on any atom is 0.231 e. The van der Waals surface area contributed by atoms with Crippen molar-refractivity contribution in [3.05, 3.63) is 35.6 Å². The molecule has 0 bridgehead atoms. The van der Waals surface area contributed by atoms with Crippen molar-refractivity contribution in [3.8, 4) is 0 Å². The zero-order chi connectivity index (χ0) is 15.7. The van der Waals surface area contributed by atoms with Gasteiger partial charge in [0, 0.05) is 10.7 Å². The predicted octanol–water partition coefficient (Wildman–Crippen LogP) is 2.12. The van der Waals surface area contributed by atoms with Crippen molar-refractivity contribution in [2.24, 2.45) is 0 Å². The van der Waals surface area contributed by atoms with Crippen LogP contribution in [0.25, 0.3) is 11.0 Å². The summed E-state index contributed by atoms with van der Waals surface area (Å²) in [6.07, 6.45) is 2.39. The van der Waals surface area contributed by atoms with E-state index in [9.17, 15) is 8.42 Å². The van der Waals surface area contributed by atoms with Crippen LogP contribution in [0.2, 0.25) is 5.02 Å². The van der Waals surface area contributed by atoms with E-state index in [1.807, 2.05) is 6.07 Å². The number of fused-ring (bicyclic) bond motifs is 1. The van der Waals surface area contributed by atoms with Crippen LogP contribution in [0.4, 0.5) is 17.3 Å². The van der Waals surface area contributed by atoms with Crippen LogP contribution in [0, 0.1) is 0 Å². The van der Waals surface area contributed by atoms with Crippen LogP contribution in [-0.4, -0.2) is 34.8 Å². The van der Waals surface area contributed by atoms with Gasteiger partial charge in [-0.1, -0.05) is 17.7 Å². The topological polar surface area (TPSA) is 113 Å². The number of H-pyrrole nitrogens is 1. The fourth-order valence-electron chi connectivity index (χ4n) is 1.91. The first kappa shape index (κ1) is 14.5. The van der Waals surface area contributed by atoms with Crippen molar-refractivity contribution >= 4 is 50.0 Å². The molecule has 0 atom stereocenters. The number of benzene rings is 1. The van der Waals surface area contributed by atoms with Gasteiger partial charge in [-0.2, -0.15) is 5.10 Å². The maximum absolute atomic E-state index is 11.4. The number of rotatable bonds is 4. The summed E-state index contributed by atoms with van der Waals surface area (Å²) in [6, 6.07) is 7.06. The van der Waals surface area contributed by atoms with Crippen molar-refractivity contribution < 1.29 is 8.42 Å². The summed E-state index contributed by atoms with van der Waals surface area (Å²) in [5.74, 6) is 0.537. The standard InChI is InChI=1S/C12H11ClN6O2S/c1-22(20,21)19-12-9-10(14-6-15-11(9)17-18-12)16-8-4-2-3-7(13)5-8/h2-6H,1H3,(H3,14,15,16,17,18,19). The van der Waals surface area contributed by atoms with Gasteiger partial charge in [0.05, 0.1) is 6.26 Å². The number of hydrogen-bond acceptors (Lipinski definition) is 6. The first-order chi connectivity index (χ1) is 10.4. The normalized spacial score (nSPS) is 11.5. The lowest BCUT2D eigenvalue weighted by atomic mass is 10.3. The van der Waals surface area contributed by atoms with Gasteiger partial charge in [0.1, 0.15) is 17.5 Å². The Labute approximate surface area is 131 Å². The Morgan fingerprint density at radius 2 is 2.05 bits per heavy atom. The van der Waals surface area contributed by atoms with Gasteiger partial charge in [0.2, 0.25) is 10.0 Å². The van der Waals surface area contributed by atoms with E-state index in [2.05, 4.69) is 30.2 Å². The van der Waals surface area contributed by atoms with Crippen molar-refractivity contribution in [2.75, 3.05) is 16.3 Å². The van der Waals surface area contributed by atoms with E-state index in [0.29, 0.717) is 27.6 Å². The molecule has 3 rings (SSSR count). The molecule has 0 aliphatic rings. The van der Waals surface area contributed by atoms with E-state index < -0.39 is 10.0 Å². The van der Waals surface area contributed by atoms with Gasteiger partial charge in [0.15, 0.2) is 11.5 Å².